The van der Waals surface area contributed by atoms with E-state index in [4.69, 9.17) is 21.1 Å². The Hall–Kier alpha value is -3.54. The van der Waals surface area contributed by atoms with Gasteiger partial charge in [0.05, 0.1) is 5.02 Å². The highest BCUT2D eigenvalue weighted by molar-refractivity contribution is 6.32. The van der Waals surface area contributed by atoms with Gasteiger partial charge in [-0.1, -0.05) is 35.9 Å². The zero-order chi connectivity index (χ0) is 32.2. The molecule has 0 radical (unpaired) electrons. The number of halogens is 1. The Bertz CT molecular complexity index is 1400. The molecule has 248 valence electrons. The number of rotatable bonds is 6. The first-order chi connectivity index (χ1) is 22.3. The molecule has 2 aromatic rings. The Morgan fingerprint density at radius 1 is 0.978 bits per heavy atom. The number of aryl methyl sites for hydroxylation is 1. The molecule has 0 aliphatic carbocycles. The average molecular weight is 654 g/mol. The lowest BCUT2D eigenvalue weighted by atomic mass is 10.0. The maximum atomic E-state index is 13.9. The normalized spacial score (nSPS) is 20.9. The van der Waals surface area contributed by atoms with Crippen LogP contribution in [0.5, 0.6) is 5.75 Å². The first-order valence-corrected chi connectivity index (χ1v) is 16.8. The highest BCUT2D eigenvalue weighted by Gasteiger charge is 2.36. The van der Waals surface area contributed by atoms with Gasteiger partial charge in [-0.15, -0.1) is 0 Å². The second-order valence-corrected chi connectivity index (χ2v) is 13.2. The predicted octanol–water partition coefficient (Wildman–Crippen LogP) is 4.28. The van der Waals surface area contributed by atoms with Crippen LogP contribution in [-0.2, 0) is 27.1 Å². The first kappa shape index (κ1) is 32.4. The van der Waals surface area contributed by atoms with Gasteiger partial charge in [-0.05, 0) is 67.9 Å². The van der Waals surface area contributed by atoms with E-state index in [-0.39, 0.29) is 35.2 Å². The largest absolute Gasteiger partial charge is 0.506 e. The molecule has 2 aromatic carbocycles. The van der Waals surface area contributed by atoms with Crippen LogP contribution in [0.1, 0.15) is 42.4 Å². The third kappa shape index (κ3) is 7.37. The summed E-state index contributed by atoms with van der Waals surface area (Å²) >= 11 is 6.26. The Morgan fingerprint density at radius 2 is 1.70 bits per heavy atom. The van der Waals surface area contributed by atoms with E-state index in [9.17, 15) is 19.5 Å². The number of phenolic OH excluding ortho intramolecular Hbond substituents is 1. The van der Waals surface area contributed by atoms with Crippen molar-refractivity contribution < 1.29 is 29.0 Å². The number of phenols is 1. The molecule has 4 aliphatic rings. The van der Waals surface area contributed by atoms with Gasteiger partial charge in [-0.3, -0.25) is 9.69 Å². The molecule has 4 amide bonds. The van der Waals surface area contributed by atoms with Crippen LogP contribution in [-0.4, -0.2) is 120 Å². The van der Waals surface area contributed by atoms with Crippen molar-refractivity contribution in [3.63, 3.8) is 0 Å². The molecule has 0 bridgehead atoms. The van der Waals surface area contributed by atoms with E-state index >= 15 is 0 Å². The molecular formula is C34H44ClN5O6. The third-order valence-corrected chi connectivity index (χ3v) is 10.2. The molecule has 0 aromatic heterocycles. The second-order valence-electron chi connectivity index (χ2n) is 12.8. The van der Waals surface area contributed by atoms with Gasteiger partial charge < -0.3 is 34.6 Å². The van der Waals surface area contributed by atoms with Crippen molar-refractivity contribution >= 4 is 35.3 Å². The highest BCUT2D eigenvalue weighted by Crippen LogP contribution is 2.30. The van der Waals surface area contributed by atoms with E-state index in [1.54, 1.807) is 28.9 Å². The van der Waals surface area contributed by atoms with Crippen LogP contribution in [0.4, 0.5) is 15.3 Å². The van der Waals surface area contributed by atoms with Crippen molar-refractivity contribution in [2.24, 2.45) is 0 Å². The van der Waals surface area contributed by atoms with Gasteiger partial charge in [0.2, 0.25) is 0 Å². The number of nitrogens with one attached hydrogen (secondary N) is 1. The van der Waals surface area contributed by atoms with Crippen LogP contribution in [0.25, 0.3) is 0 Å². The number of piperidine rings is 1. The average Bonchev–Trinajstić information content (AvgIpc) is 3.25. The molecule has 1 atom stereocenters. The number of ether oxygens (including phenoxy) is 2. The number of fused-ring (bicyclic) bond motifs is 1. The first-order valence-electron chi connectivity index (χ1n) is 16.5. The summed E-state index contributed by atoms with van der Waals surface area (Å²) in [4.78, 5) is 48.3. The molecule has 3 fully saturated rings. The number of benzene rings is 2. The summed E-state index contributed by atoms with van der Waals surface area (Å²) in [6.07, 6.45) is 2.60. The number of aromatic hydroxyl groups is 1. The van der Waals surface area contributed by atoms with Crippen molar-refractivity contribution in [3.05, 3.63) is 58.1 Å². The molecule has 4 aliphatic heterocycles. The summed E-state index contributed by atoms with van der Waals surface area (Å²) in [6, 6.07) is 11.6. The number of carbonyl (C=O) groups is 3. The molecular weight excluding hydrogens is 610 g/mol. The van der Waals surface area contributed by atoms with E-state index in [1.807, 2.05) is 29.2 Å². The van der Waals surface area contributed by atoms with Gasteiger partial charge in [-0.2, -0.15) is 0 Å². The molecule has 0 saturated carbocycles. The van der Waals surface area contributed by atoms with Crippen LogP contribution in [0, 0.1) is 6.92 Å². The zero-order valence-corrected chi connectivity index (χ0v) is 27.2. The smallest absolute Gasteiger partial charge is 0.410 e. The van der Waals surface area contributed by atoms with Gasteiger partial charge in [0.1, 0.15) is 5.75 Å². The SMILES string of the molecule is Cc1cc(C[C@@H](OC(=O)N2CCC(N3CCc4ccccc4NC3=O)CC2)C(=O)N2CCN(C3CCOCC3)CC2)cc(Cl)c1O. The number of urea groups is 1. The quantitative estimate of drug-likeness (QED) is 0.478. The maximum Gasteiger partial charge on any atom is 0.410 e. The summed E-state index contributed by atoms with van der Waals surface area (Å²) in [5, 5.41) is 13.4. The van der Waals surface area contributed by atoms with Gasteiger partial charge in [-0.25, -0.2) is 9.59 Å². The van der Waals surface area contributed by atoms with Crippen molar-refractivity contribution in [1.29, 1.82) is 0 Å². The minimum atomic E-state index is -1.03. The molecule has 3 saturated heterocycles. The second kappa shape index (κ2) is 14.5. The lowest BCUT2D eigenvalue weighted by Crippen LogP contribution is -2.56. The molecule has 46 heavy (non-hydrogen) atoms. The number of amides is 4. The van der Waals surface area contributed by atoms with E-state index < -0.39 is 12.2 Å². The number of para-hydroxylation sites is 1. The highest BCUT2D eigenvalue weighted by atomic mass is 35.5. The summed E-state index contributed by atoms with van der Waals surface area (Å²) in [6.45, 7) is 7.42. The summed E-state index contributed by atoms with van der Waals surface area (Å²) in [7, 11) is 0. The molecule has 0 unspecified atom stereocenters. The van der Waals surface area contributed by atoms with Gasteiger partial charge in [0, 0.05) is 83.2 Å². The maximum absolute atomic E-state index is 13.9. The fraction of sp³-hybridized carbons (Fsp3) is 0.559. The van der Waals surface area contributed by atoms with Crippen LogP contribution >= 0.6 is 11.6 Å². The van der Waals surface area contributed by atoms with Crippen LogP contribution < -0.4 is 5.32 Å². The Balaban J connectivity index is 1.09. The van der Waals surface area contributed by atoms with Crippen molar-refractivity contribution in [2.75, 3.05) is 64.3 Å². The van der Waals surface area contributed by atoms with Gasteiger partial charge >= 0.3 is 12.1 Å². The van der Waals surface area contributed by atoms with E-state index in [2.05, 4.69) is 10.2 Å². The summed E-state index contributed by atoms with van der Waals surface area (Å²) < 4.78 is 11.5. The van der Waals surface area contributed by atoms with Crippen LogP contribution in [0.3, 0.4) is 0 Å². The molecule has 6 rings (SSSR count). The van der Waals surface area contributed by atoms with E-state index in [0.29, 0.717) is 62.7 Å². The number of piperazine rings is 1. The molecule has 0 spiro atoms. The van der Waals surface area contributed by atoms with Crippen molar-refractivity contribution in [1.82, 2.24) is 19.6 Å². The number of nitrogens with zero attached hydrogens (tertiary/aromatic N) is 4. The summed E-state index contributed by atoms with van der Waals surface area (Å²) in [5.41, 5.74) is 3.26. The minimum absolute atomic E-state index is 0.000589. The zero-order valence-electron chi connectivity index (χ0n) is 26.5. The monoisotopic (exact) mass is 653 g/mol. The molecule has 12 heteroatoms. The standard InChI is InChI=1S/C34H44ClN5O6/c1-23-20-24(21-28(35)31(23)41)22-30(32(42)38-16-14-37(15-17-38)26-9-18-45-19-10-26)46-34(44)39-11-7-27(8-12-39)40-13-6-25-4-2-3-5-29(25)36-33(40)43/h2-5,20-21,26-27,30,41H,6-19,22H2,1H3,(H,36,43)/t30-/m1/s1. The lowest BCUT2D eigenvalue weighted by Gasteiger charge is -2.41. The third-order valence-electron chi connectivity index (χ3n) is 9.89. The van der Waals surface area contributed by atoms with Gasteiger partial charge in [0.25, 0.3) is 5.91 Å². The van der Waals surface area contributed by atoms with Gasteiger partial charge in [0.15, 0.2) is 6.10 Å². The number of carbonyl (C=O) groups excluding carboxylic acids is 3. The number of hydrogen-bond donors (Lipinski definition) is 2. The Kier molecular flexibility index (Phi) is 10.2. The van der Waals surface area contributed by atoms with Crippen molar-refractivity contribution in [2.45, 2.75) is 63.6 Å². The molecule has 11 nitrogen and oxygen atoms in total. The Labute approximate surface area is 275 Å². The summed E-state index contributed by atoms with van der Waals surface area (Å²) in [5.74, 6) is -0.225. The molecule has 2 N–H and O–H groups in total. The van der Waals surface area contributed by atoms with Crippen molar-refractivity contribution in [3.8, 4) is 5.75 Å². The topological polar surface area (TPSA) is 115 Å². The van der Waals surface area contributed by atoms with Crippen LogP contribution in [0.15, 0.2) is 36.4 Å². The lowest BCUT2D eigenvalue weighted by molar-refractivity contribution is -0.143. The Morgan fingerprint density at radius 3 is 2.41 bits per heavy atom. The fourth-order valence-electron chi connectivity index (χ4n) is 7.17. The van der Waals surface area contributed by atoms with E-state index in [0.717, 1.165) is 56.8 Å². The fourth-order valence-corrected chi connectivity index (χ4v) is 7.46. The minimum Gasteiger partial charge on any atom is -0.506 e. The molecule has 4 heterocycles. The van der Waals surface area contributed by atoms with E-state index in [1.165, 1.54) is 0 Å². The number of likely N-dealkylation sites (tertiary alicyclic amines) is 1. The van der Waals surface area contributed by atoms with Crippen LogP contribution in [0.2, 0.25) is 5.02 Å². The number of hydrogen-bond acceptors (Lipinski definition) is 7. The predicted molar refractivity (Wildman–Crippen MR) is 174 cm³/mol. The number of anilines is 1.